The molecule has 0 spiro atoms. The second kappa shape index (κ2) is 20.1. The average molecular weight is 1070 g/mol. The standard InChI is InChI=1S/C52H42I2N4O6/c1-2-3-29-61-42-23-19-34(20-24-42)48-46(51(63-57-48)36-11-7-15-40(53)30-36)50(60)39-14-10-28-58(33-39)54-41-16-8-12-37(31-41)52-45(49(59)38-13-9-27-55-32-38)47(56-64-52)35-21-25-44(26-22-35)62-43-17-5-4-6-18-43/h4-28,30-33,49-50,59-60H,2-3,29H2,1H3. The van der Waals surface area contributed by atoms with Crippen LogP contribution in [0.5, 0.6) is 17.2 Å². The van der Waals surface area contributed by atoms with Crippen molar-refractivity contribution < 1.29 is 53.0 Å². The number of para-hydroxylation sites is 1. The van der Waals surface area contributed by atoms with Crippen LogP contribution in [0.1, 0.15) is 54.2 Å². The number of aliphatic hydroxyl groups is 2. The predicted octanol–water partition coefficient (Wildman–Crippen LogP) is 8.47. The van der Waals surface area contributed by atoms with Crippen LogP contribution in [0, 0.1) is 7.14 Å². The van der Waals surface area contributed by atoms with Gasteiger partial charge in [-0.3, -0.25) is 0 Å². The van der Waals surface area contributed by atoms with Gasteiger partial charge in [0.05, 0.1) is 0 Å². The van der Waals surface area contributed by atoms with Crippen LogP contribution in [0.4, 0.5) is 0 Å². The molecule has 2 N–H and O–H groups in total. The molecule has 9 aromatic rings. The van der Waals surface area contributed by atoms with Gasteiger partial charge < -0.3 is 0 Å². The number of benzene rings is 5. The molecule has 64 heavy (non-hydrogen) atoms. The fourth-order valence-corrected chi connectivity index (χ4v) is 10.1. The summed E-state index contributed by atoms with van der Waals surface area (Å²) in [5, 5.41) is 33.3. The Balaban J connectivity index is 1.02. The number of aromatic nitrogens is 4. The molecular weight excluding hydrogens is 1030 g/mol. The van der Waals surface area contributed by atoms with Crippen LogP contribution in [-0.2, 0) is 0 Å². The second-order valence-electron chi connectivity index (χ2n) is 14.9. The van der Waals surface area contributed by atoms with E-state index in [0.717, 1.165) is 53.7 Å². The van der Waals surface area contributed by atoms with Gasteiger partial charge in [0, 0.05) is 0 Å². The summed E-state index contributed by atoms with van der Waals surface area (Å²) < 4.78 is 28.4. The van der Waals surface area contributed by atoms with Crippen molar-refractivity contribution in [3.05, 3.63) is 206 Å². The van der Waals surface area contributed by atoms with Crippen molar-refractivity contribution in [3.63, 3.8) is 0 Å². The molecule has 0 aliphatic rings. The summed E-state index contributed by atoms with van der Waals surface area (Å²) in [6.07, 6.45) is 7.23. The summed E-state index contributed by atoms with van der Waals surface area (Å²) in [4.78, 5) is 4.27. The first-order chi connectivity index (χ1) is 31.4. The van der Waals surface area contributed by atoms with Crippen LogP contribution in [0.15, 0.2) is 185 Å². The first-order valence-electron chi connectivity index (χ1n) is 20.8. The fourth-order valence-electron chi connectivity index (χ4n) is 7.26. The van der Waals surface area contributed by atoms with E-state index in [9.17, 15) is 10.2 Å². The maximum atomic E-state index is 12.3. The van der Waals surface area contributed by atoms with Crippen LogP contribution in [0.3, 0.4) is 0 Å². The zero-order chi connectivity index (χ0) is 43.8. The molecule has 10 nitrogen and oxygen atoms in total. The molecule has 4 heterocycles. The number of pyridine rings is 2. The van der Waals surface area contributed by atoms with Crippen molar-refractivity contribution in [2.75, 3.05) is 6.61 Å². The van der Waals surface area contributed by atoms with Crippen LogP contribution in [0.25, 0.3) is 45.2 Å². The van der Waals surface area contributed by atoms with Crippen LogP contribution in [0.2, 0.25) is 0 Å². The van der Waals surface area contributed by atoms with E-state index in [-0.39, 0.29) is 0 Å². The number of unbranched alkanes of at least 4 members (excludes halogenated alkanes) is 1. The molecule has 320 valence electrons. The Morgan fingerprint density at radius 3 is 1.92 bits per heavy atom. The molecule has 2 atom stereocenters. The predicted molar refractivity (Wildman–Crippen MR) is 247 cm³/mol. The molecule has 12 heteroatoms. The van der Waals surface area contributed by atoms with Gasteiger partial charge in [-0.25, -0.2) is 0 Å². The molecule has 0 aliphatic carbocycles. The van der Waals surface area contributed by atoms with Gasteiger partial charge in [-0.1, -0.05) is 31.5 Å². The van der Waals surface area contributed by atoms with Gasteiger partial charge in [-0.05, 0) is 18.6 Å². The number of ether oxygens (including phenoxy) is 2. The van der Waals surface area contributed by atoms with Gasteiger partial charge in [0.1, 0.15) is 0 Å². The van der Waals surface area contributed by atoms with E-state index in [1.165, 1.54) is 0 Å². The molecule has 4 aromatic heterocycles. The maximum absolute atomic E-state index is 12.3. The Morgan fingerprint density at radius 1 is 0.641 bits per heavy atom. The van der Waals surface area contributed by atoms with Crippen LogP contribution < -0.4 is 33.7 Å². The van der Waals surface area contributed by atoms with E-state index < -0.39 is 33.7 Å². The Kier molecular flexibility index (Phi) is 13.5. The van der Waals surface area contributed by atoms with Crippen molar-refractivity contribution >= 4 is 22.6 Å². The molecule has 0 saturated heterocycles. The van der Waals surface area contributed by atoms with E-state index in [4.69, 9.17) is 18.5 Å². The summed E-state index contributed by atoms with van der Waals surface area (Å²) in [5.74, 6) is 3.15. The Labute approximate surface area is 394 Å². The number of nitrogens with zero attached hydrogens (tertiary/aromatic N) is 4. The van der Waals surface area contributed by atoms with Gasteiger partial charge in [0.15, 0.2) is 0 Å². The first-order valence-corrected chi connectivity index (χ1v) is 23.9. The van der Waals surface area contributed by atoms with Crippen molar-refractivity contribution in [1.82, 2.24) is 15.3 Å². The molecule has 0 aliphatic heterocycles. The zero-order valence-electron chi connectivity index (χ0n) is 34.6. The molecule has 0 amide bonds. The van der Waals surface area contributed by atoms with E-state index >= 15 is 0 Å². The first kappa shape index (κ1) is 43.1. The van der Waals surface area contributed by atoms with Crippen LogP contribution >= 0.6 is 22.6 Å². The van der Waals surface area contributed by atoms with Crippen molar-refractivity contribution in [2.45, 2.75) is 32.0 Å². The summed E-state index contributed by atoms with van der Waals surface area (Å²) >= 11 is 1.45. The van der Waals surface area contributed by atoms with E-state index in [1.54, 1.807) is 18.5 Å². The molecule has 2 unspecified atom stereocenters. The van der Waals surface area contributed by atoms with Crippen molar-refractivity contribution in [3.8, 4) is 62.4 Å². The third-order valence-electron chi connectivity index (χ3n) is 10.5. The zero-order valence-corrected chi connectivity index (χ0v) is 38.9. The minimum atomic E-state index is -1.07. The molecule has 0 radical (unpaired) electrons. The molecule has 0 fully saturated rings. The van der Waals surface area contributed by atoms with Gasteiger partial charge in [0.2, 0.25) is 0 Å². The number of rotatable bonds is 16. The summed E-state index contributed by atoms with van der Waals surface area (Å²) in [5.41, 5.74) is 6.66. The topological polar surface area (TPSA) is 128 Å². The number of aliphatic hydroxyl groups excluding tert-OH is 2. The number of hydrogen-bond donors (Lipinski definition) is 2. The molecular formula is C52H42I2N4O6. The second-order valence-corrected chi connectivity index (χ2v) is 19.0. The summed E-state index contributed by atoms with van der Waals surface area (Å²) in [6.45, 7) is 2.79. The van der Waals surface area contributed by atoms with Gasteiger partial charge >= 0.3 is 348 Å². The van der Waals surface area contributed by atoms with E-state index in [0.29, 0.717) is 57.5 Å². The molecule has 9 rings (SSSR count). The van der Waals surface area contributed by atoms with Crippen LogP contribution in [-0.4, -0.2) is 32.1 Å². The normalized spacial score (nSPS) is 12.2. The summed E-state index contributed by atoms with van der Waals surface area (Å²) in [7, 11) is 0. The van der Waals surface area contributed by atoms with E-state index in [2.05, 4.69) is 59.7 Å². The van der Waals surface area contributed by atoms with Gasteiger partial charge in [-0.2, -0.15) is 0 Å². The van der Waals surface area contributed by atoms with Gasteiger partial charge in [-0.15, -0.1) is 0 Å². The van der Waals surface area contributed by atoms with Crippen molar-refractivity contribution in [2.24, 2.45) is 0 Å². The molecule has 0 saturated carbocycles. The molecule has 0 bridgehead atoms. The van der Waals surface area contributed by atoms with E-state index in [1.807, 2.05) is 146 Å². The summed E-state index contributed by atoms with van der Waals surface area (Å²) in [6, 6.07) is 48.5. The Bertz CT molecular complexity index is 2960. The Hall–Kier alpha value is -6.20. The monoisotopic (exact) mass is 1070 g/mol. The third kappa shape index (κ3) is 9.79. The fraction of sp³-hybridized carbons (Fsp3) is 0.115. The average Bonchev–Trinajstić information content (AvgIpc) is 3.99. The quantitative estimate of drug-likeness (QED) is 0.0724. The third-order valence-corrected chi connectivity index (χ3v) is 13.5. The minimum absolute atomic E-state index is 0.458. The van der Waals surface area contributed by atoms with Gasteiger partial charge in [0.25, 0.3) is 0 Å². The van der Waals surface area contributed by atoms with Crippen molar-refractivity contribution in [1.29, 1.82) is 0 Å². The number of halogens is 2. The SMILES string of the molecule is CCCCOc1ccc(-c2noc(-c3cccc(I)c3)c2C(O)c2ccc[n+]([I-]c3cccc(-c4onc(-c5ccc(Oc6ccccc6)cc5)c4C(O)c4cccnc4)c3)c2)cc1. The number of hydrogen-bond acceptors (Lipinski definition) is 9. The molecule has 5 aromatic carbocycles. The Morgan fingerprint density at radius 2 is 1.27 bits per heavy atom.